The Balaban J connectivity index is 1.63. The van der Waals surface area contributed by atoms with E-state index in [0.29, 0.717) is 23.5 Å². The summed E-state index contributed by atoms with van der Waals surface area (Å²) in [7, 11) is 0. The lowest BCUT2D eigenvalue weighted by atomic mass is 10.1. The molecule has 25 heavy (non-hydrogen) atoms. The molecule has 5 N–H and O–H groups in total. The van der Waals surface area contributed by atoms with Gasteiger partial charge in [-0.05, 0) is 12.1 Å². The van der Waals surface area contributed by atoms with Gasteiger partial charge in [0.1, 0.15) is 24.6 Å². The van der Waals surface area contributed by atoms with Gasteiger partial charge in [0.05, 0.1) is 19.5 Å². The summed E-state index contributed by atoms with van der Waals surface area (Å²) in [5, 5.41) is 32.5. The zero-order valence-corrected chi connectivity index (χ0v) is 13.1. The number of hydrogen-bond acceptors (Lipinski definition) is 8. The van der Waals surface area contributed by atoms with Gasteiger partial charge in [-0.25, -0.2) is 15.0 Å². The van der Waals surface area contributed by atoms with Gasteiger partial charge in [-0.2, -0.15) is 0 Å². The van der Waals surface area contributed by atoms with Gasteiger partial charge in [0.2, 0.25) is 0 Å². The summed E-state index contributed by atoms with van der Waals surface area (Å²) in [4.78, 5) is 15.8. The molecule has 132 valence electrons. The van der Waals surface area contributed by atoms with Crippen molar-refractivity contribution in [3.05, 3.63) is 36.7 Å². The Morgan fingerprint density at radius 1 is 1.24 bits per heavy atom. The molecule has 0 radical (unpaired) electrons. The molecule has 1 saturated heterocycles. The van der Waals surface area contributed by atoms with Gasteiger partial charge in [-0.3, -0.25) is 4.57 Å². The minimum absolute atomic E-state index is 0.390. The summed E-state index contributed by atoms with van der Waals surface area (Å²) < 4.78 is 7.06. The van der Waals surface area contributed by atoms with Crippen molar-refractivity contribution in [2.75, 3.05) is 11.9 Å². The summed E-state index contributed by atoms with van der Waals surface area (Å²) in [6.07, 6.45) is 0.578. The molecule has 3 aromatic heterocycles. The standard InChI is InChI=1S/C15H18N6O4/c22-5-9-11(23)12(24)15(25-9)21-7-20-10-13(18-6-19-14(10)21)17-4-8-2-1-3-16-8/h1-3,6-7,9,11-12,15-16,22-24H,4-5H2,(H,17,18,19)/t9-,11?,12?,15-/m1/s1. The number of aliphatic hydroxyl groups is 3. The molecule has 0 aliphatic carbocycles. The number of H-pyrrole nitrogens is 1. The number of rotatable bonds is 5. The molecule has 10 nitrogen and oxygen atoms in total. The van der Waals surface area contributed by atoms with E-state index in [2.05, 4.69) is 25.3 Å². The van der Waals surface area contributed by atoms with Crippen molar-refractivity contribution in [1.82, 2.24) is 24.5 Å². The van der Waals surface area contributed by atoms with Gasteiger partial charge in [0.25, 0.3) is 0 Å². The van der Waals surface area contributed by atoms with Gasteiger partial charge < -0.3 is 30.4 Å². The van der Waals surface area contributed by atoms with Crippen LogP contribution in [0.15, 0.2) is 31.0 Å². The molecule has 0 bridgehead atoms. The molecule has 4 rings (SSSR count). The molecule has 1 aliphatic heterocycles. The van der Waals surface area contributed by atoms with Crippen LogP contribution >= 0.6 is 0 Å². The van der Waals surface area contributed by atoms with Crippen molar-refractivity contribution in [2.45, 2.75) is 31.1 Å². The summed E-state index contributed by atoms with van der Waals surface area (Å²) in [6, 6.07) is 3.85. The number of hydrogen-bond donors (Lipinski definition) is 5. The van der Waals surface area contributed by atoms with Crippen molar-refractivity contribution >= 4 is 17.0 Å². The van der Waals surface area contributed by atoms with E-state index in [1.165, 1.54) is 17.2 Å². The number of aliphatic hydroxyl groups excluding tert-OH is 3. The maximum absolute atomic E-state index is 10.2. The fourth-order valence-electron chi connectivity index (χ4n) is 2.93. The minimum atomic E-state index is -1.19. The molecule has 0 aromatic carbocycles. The summed E-state index contributed by atoms with van der Waals surface area (Å²) in [6.45, 7) is 0.152. The Bertz CT molecular complexity index is 851. The van der Waals surface area contributed by atoms with Gasteiger partial charge in [-0.1, -0.05) is 0 Å². The highest BCUT2D eigenvalue weighted by atomic mass is 16.6. The minimum Gasteiger partial charge on any atom is -0.394 e. The van der Waals surface area contributed by atoms with Crippen LogP contribution in [0.1, 0.15) is 11.9 Å². The Morgan fingerprint density at radius 3 is 2.84 bits per heavy atom. The number of aromatic nitrogens is 5. The number of aromatic amines is 1. The van der Waals surface area contributed by atoms with E-state index in [4.69, 9.17) is 4.74 Å². The van der Waals surface area contributed by atoms with Crippen LogP contribution in [-0.2, 0) is 11.3 Å². The van der Waals surface area contributed by atoms with Crippen LogP contribution < -0.4 is 5.32 Å². The van der Waals surface area contributed by atoms with Crippen LogP contribution in [0.5, 0.6) is 0 Å². The van der Waals surface area contributed by atoms with E-state index in [1.54, 1.807) is 0 Å². The van der Waals surface area contributed by atoms with Crippen LogP contribution in [0, 0.1) is 0 Å². The van der Waals surface area contributed by atoms with Crippen molar-refractivity contribution in [3.8, 4) is 0 Å². The quantitative estimate of drug-likeness (QED) is 0.411. The molecule has 0 spiro atoms. The van der Waals surface area contributed by atoms with Crippen LogP contribution in [0.25, 0.3) is 11.2 Å². The van der Waals surface area contributed by atoms with Crippen LogP contribution in [0.3, 0.4) is 0 Å². The second kappa shape index (κ2) is 6.41. The van der Waals surface area contributed by atoms with Gasteiger partial charge >= 0.3 is 0 Å². The van der Waals surface area contributed by atoms with Crippen molar-refractivity contribution in [1.29, 1.82) is 0 Å². The first-order valence-corrected chi connectivity index (χ1v) is 7.85. The zero-order chi connectivity index (χ0) is 17.4. The van der Waals surface area contributed by atoms with Gasteiger partial charge in [0.15, 0.2) is 23.2 Å². The van der Waals surface area contributed by atoms with Gasteiger partial charge in [-0.15, -0.1) is 0 Å². The summed E-state index contributed by atoms with van der Waals surface area (Å²) >= 11 is 0. The SMILES string of the molecule is OC[C@H]1O[C@@H](n2cnc3c(NCc4ccc[nH]4)ncnc32)C(O)C1O. The number of fused-ring (bicyclic) bond motifs is 1. The smallest absolute Gasteiger partial charge is 0.167 e. The Labute approximate surface area is 142 Å². The molecule has 0 amide bonds. The zero-order valence-electron chi connectivity index (χ0n) is 13.1. The van der Waals surface area contributed by atoms with E-state index < -0.39 is 24.5 Å². The second-order valence-electron chi connectivity index (χ2n) is 5.82. The van der Waals surface area contributed by atoms with Crippen LogP contribution in [-0.4, -0.2) is 64.7 Å². The summed E-state index contributed by atoms with van der Waals surface area (Å²) in [5.74, 6) is 0.546. The first kappa shape index (κ1) is 16.0. The summed E-state index contributed by atoms with van der Waals surface area (Å²) in [5.41, 5.74) is 1.97. The predicted molar refractivity (Wildman–Crippen MR) is 86.5 cm³/mol. The Kier molecular flexibility index (Phi) is 4.09. The first-order chi connectivity index (χ1) is 12.2. The van der Waals surface area contributed by atoms with E-state index in [9.17, 15) is 15.3 Å². The molecule has 2 unspecified atom stereocenters. The third kappa shape index (κ3) is 2.74. The normalized spacial score (nSPS) is 26.4. The lowest BCUT2D eigenvalue weighted by Crippen LogP contribution is -2.33. The molecular formula is C15H18N6O4. The van der Waals surface area contributed by atoms with E-state index in [0.717, 1.165) is 5.69 Å². The third-order valence-corrected chi connectivity index (χ3v) is 4.26. The predicted octanol–water partition coefficient (Wildman–Crippen LogP) is -0.622. The van der Waals surface area contributed by atoms with Crippen LogP contribution in [0.2, 0.25) is 0 Å². The average Bonchev–Trinajstić information content (AvgIpc) is 3.34. The molecule has 3 aromatic rings. The van der Waals surface area contributed by atoms with Gasteiger partial charge in [0, 0.05) is 11.9 Å². The van der Waals surface area contributed by atoms with Crippen molar-refractivity contribution < 1.29 is 20.1 Å². The fourth-order valence-corrected chi connectivity index (χ4v) is 2.93. The van der Waals surface area contributed by atoms with E-state index in [1.807, 2.05) is 18.3 Å². The fraction of sp³-hybridized carbons (Fsp3) is 0.400. The van der Waals surface area contributed by atoms with Crippen LogP contribution in [0.4, 0.5) is 5.82 Å². The Hall–Kier alpha value is -2.53. The molecule has 4 heterocycles. The van der Waals surface area contributed by atoms with Crippen molar-refractivity contribution in [2.24, 2.45) is 0 Å². The first-order valence-electron chi connectivity index (χ1n) is 7.85. The largest absolute Gasteiger partial charge is 0.394 e. The third-order valence-electron chi connectivity index (χ3n) is 4.26. The molecular weight excluding hydrogens is 328 g/mol. The number of imidazole rings is 1. The monoisotopic (exact) mass is 346 g/mol. The average molecular weight is 346 g/mol. The number of anilines is 1. The second-order valence-corrected chi connectivity index (χ2v) is 5.82. The molecule has 1 aliphatic rings. The molecule has 1 fully saturated rings. The number of ether oxygens (including phenoxy) is 1. The highest BCUT2D eigenvalue weighted by Crippen LogP contribution is 2.32. The lowest BCUT2D eigenvalue weighted by molar-refractivity contribution is -0.0511. The number of nitrogens with zero attached hydrogens (tertiary/aromatic N) is 4. The maximum Gasteiger partial charge on any atom is 0.167 e. The van der Waals surface area contributed by atoms with E-state index >= 15 is 0 Å². The molecule has 0 saturated carbocycles. The molecule has 10 heteroatoms. The van der Waals surface area contributed by atoms with Crippen molar-refractivity contribution in [3.63, 3.8) is 0 Å². The number of nitrogens with one attached hydrogen (secondary N) is 2. The maximum atomic E-state index is 10.2. The van der Waals surface area contributed by atoms with E-state index in [-0.39, 0.29) is 6.61 Å². The lowest BCUT2D eigenvalue weighted by Gasteiger charge is -2.16. The highest BCUT2D eigenvalue weighted by Gasteiger charge is 2.44. The topological polar surface area (TPSA) is 141 Å². The Morgan fingerprint density at radius 2 is 2.12 bits per heavy atom. The molecule has 4 atom stereocenters. The highest BCUT2D eigenvalue weighted by molar-refractivity contribution is 5.82.